The van der Waals surface area contributed by atoms with Gasteiger partial charge in [-0.3, -0.25) is 9.78 Å². The van der Waals surface area contributed by atoms with Gasteiger partial charge in [0.05, 0.1) is 5.69 Å². The van der Waals surface area contributed by atoms with E-state index in [4.69, 9.17) is 0 Å². The minimum atomic E-state index is -1.54. The minimum absolute atomic E-state index is 0.159. The number of pyridine rings is 1. The SMILES string of the molecule is Cc1cccc(C2(O)c3ccccc3C(=O)N2N2CCCC2)n1. The molecule has 0 radical (unpaired) electrons. The Balaban J connectivity index is 1.93. The first kappa shape index (κ1) is 14.4. The quantitative estimate of drug-likeness (QED) is 0.922. The molecule has 0 spiro atoms. The van der Waals surface area contributed by atoms with Crippen LogP contribution < -0.4 is 0 Å². The molecule has 0 bridgehead atoms. The first-order chi connectivity index (χ1) is 11.1. The van der Waals surface area contributed by atoms with Gasteiger partial charge >= 0.3 is 0 Å². The number of benzene rings is 1. The zero-order valence-electron chi connectivity index (χ0n) is 13.1. The van der Waals surface area contributed by atoms with Crippen molar-refractivity contribution in [2.75, 3.05) is 13.1 Å². The summed E-state index contributed by atoms with van der Waals surface area (Å²) in [6.45, 7) is 3.43. The van der Waals surface area contributed by atoms with Crippen LogP contribution in [0.25, 0.3) is 0 Å². The standard InChI is InChI=1S/C18H19N3O2/c1-13-7-6-10-16(19-13)18(23)15-9-3-2-8-14(15)17(22)21(18)20-11-4-5-12-20/h2-3,6-10,23H,4-5,11-12H2,1H3. The molecule has 1 aromatic carbocycles. The van der Waals surface area contributed by atoms with Gasteiger partial charge in [0.2, 0.25) is 5.72 Å². The lowest BCUT2D eigenvalue weighted by molar-refractivity contribution is -0.150. The first-order valence-electron chi connectivity index (χ1n) is 7.98. The van der Waals surface area contributed by atoms with Crippen molar-refractivity contribution in [3.63, 3.8) is 0 Å². The fraction of sp³-hybridized carbons (Fsp3) is 0.333. The molecule has 118 valence electrons. The Morgan fingerprint density at radius 3 is 2.57 bits per heavy atom. The zero-order valence-corrected chi connectivity index (χ0v) is 13.1. The largest absolute Gasteiger partial charge is 0.361 e. The Kier molecular flexibility index (Phi) is 3.21. The van der Waals surface area contributed by atoms with Gasteiger partial charge in [-0.1, -0.05) is 24.3 Å². The van der Waals surface area contributed by atoms with Crippen molar-refractivity contribution in [2.45, 2.75) is 25.5 Å². The molecular formula is C18H19N3O2. The maximum atomic E-state index is 13.0. The van der Waals surface area contributed by atoms with Gasteiger partial charge in [0.25, 0.3) is 5.91 Å². The summed E-state index contributed by atoms with van der Waals surface area (Å²) < 4.78 is 0. The molecule has 1 unspecified atom stereocenters. The molecule has 3 heterocycles. The van der Waals surface area contributed by atoms with E-state index in [1.165, 1.54) is 5.01 Å². The zero-order chi connectivity index (χ0) is 16.0. The number of fused-ring (bicyclic) bond motifs is 1. The van der Waals surface area contributed by atoms with E-state index in [0.29, 0.717) is 16.8 Å². The lowest BCUT2D eigenvalue weighted by Gasteiger charge is -2.39. The molecule has 0 aliphatic carbocycles. The average molecular weight is 309 g/mol. The third-order valence-corrected chi connectivity index (χ3v) is 4.64. The van der Waals surface area contributed by atoms with E-state index in [-0.39, 0.29) is 5.91 Å². The summed E-state index contributed by atoms with van der Waals surface area (Å²) in [4.78, 5) is 17.5. The van der Waals surface area contributed by atoms with Crippen molar-refractivity contribution >= 4 is 5.91 Å². The molecule has 0 saturated carbocycles. The fourth-order valence-corrected chi connectivity index (χ4v) is 3.57. The molecule has 5 nitrogen and oxygen atoms in total. The number of hydrazine groups is 1. The molecule has 1 fully saturated rings. The maximum absolute atomic E-state index is 13.0. The van der Waals surface area contributed by atoms with Gasteiger partial charge in [-0.25, -0.2) is 10.0 Å². The Morgan fingerprint density at radius 1 is 1.09 bits per heavy atom. The average Bonchev–Trinajstić information content (AvgIpc) is 3.15. The van der Waals surface area contributed by atoms with Crippen LogP contribution in [0.1, 0.15) is 40.2 Å². The third-order valence-electron chi connectivity index (χ3n) is 4.64. The molecule has 1 aromatic heterocycles. The second-order valence-electron chi connectivity index (χ2n) is 6.16. The van der Waals surface area contributed by atoms with E-state index in [9.17, 15) is 9.90 Å². The van der Waals surface area contributed by atoms with Gasteiger partial charge in [-0.15, -0.1) is 0 Å². The van der Waals surface area contributed by atoms with E-state index in [1.54, 1.807) is 12.1 Å². The minimum Gasteiger partial charge on any atom is -0.361 e. The summed E-state index contributed by atoms with van der Waals surface area (Å²) in [5, 5.41) is 15.1. The van der Waals surface area contributed by atoms with Crippen LogP contribution in [0, 0.1) is 6.92 Å². The first-order valence-corrected chi connectivity index (χ1v) is 7.98. The van der Waals surface area contributed by atoms with Crippen LogP contribution in [0.15, 0.2) is 42.5 Å². The number of amides is 1. The Labute approximate surface area is 135 Å². The molecule has 1 atom stereocenters. The van der Waals surface area contributed by atoms with Gasteiger partial charge in [0.15, 0.2) is 0 Å². The lowest BCUT2D eigenvalue weighted by atomic mass is 9.98. The van der Waals surface area contributed by atoms with Crippen LogP contribution in [0.4, 0.5) is 0 Å². The van der Waals surface area contributed by atoms with Crippen molar-refractivity contribution in [3.05, 3.63) is 65.0 Å². The normalized spacial score (nSPS) is 24.3. The predicted molar refractivity (Wildman–Crippen MR) is 85.4 cm³/mol. The lowest BCUT2D eigenvalue weighted by Crippen LogP contribution is -2.54. The molecule has 4 rings (SSSR count). The van der Waals surface area contributed by atoms with Crippen molar-refractivity contribution in [1.29, 1.82) is 0 Å². The number of aliphatic hydroxyl groups is 1. The van der Waals surface area contributed by atoms with Gasteiger partial charge < -0.3 is 5.11 Å². The van der Waals surface area contributed by atoms with Crippen molar-refractivity contribution in [1.82, 2.24) is 15.0 Å². The summed E-state index contributed by atoms with van der Waals surface area (Å²) in [5.41, 5.74) is 0.918. The number of aromatic nitrogens is 1. The number of nitrogens with zero attached hydrogens (tertiary/aromatic N) is 3. The van der Waals surface area contributed by atoms with Gasteiger partial charge in [-0.05, 0) is 38.0 Å². The highest BCUT2D eigenvalue weighted by Gasteiger charge is 2.53. The Hall–Kier alpha value is -2.24. The predicted octanol–water partition coefficient (Wildman–Crippen LogP) is 2.05. The van der Waals surface area contributed by atoms with Crippen LogP contribution in [-0.2, 0) is 5.72 Å². The summed E-state index contributed by atoms with van der Waals surface area (Å²) in [7, 11) is 0. The van der Waals surface area contributed by atoms with Crippen molar-refractivity contribution < 1.29 is 9.90 Å². The molecule has 1 N–H and O–H groups in total. The third kappa shape index (κ3) is 2.00. The topological polar surface area (TPSA) is 56.7 Å². The van der Waals surface area contributed by atoms with Crippen molar-refractivity contribution in [3.8, 4) is 0 Å². The summed E-state index contributed by atoms with van der Waals surface area (Å²) >= 11 is 0. The van der Waals surface area contributed by atoms with E-state index in [2.05, 4.69) is 4.98 Å². The number of aryl methyl sites for hydroxylation is 1. The molecule has 1 saturated heterocycles. The second-order valence-corrected chi connectivity index (χ2v) is 6.16. The molecule has 1 amide bonds. The highest BCUT2D eigenvalue weighted by molar-refractivity contribution is 6.00. The molecular weight excluding hydrogens is 290 g/mol. The fourth-order valence-electron chi connectivity index (χ4n) is 3.57. The maximum Gasteiger partial charge on any atom is 0.271 e. The van der Waals surface area contributed by atoms with Gasteiger partial charge in [0, 0.05) is 29.9 Å². The van der Waals surface area contributed by atoms with Crippen LogP contribution in [0.5, 0.6) is 0 Å². The molecule has 2 aromatic rings. The van der Waals surface area contributed by atoms with Crippen molar-refractivity contribution in [2.24, 2.45) is 0 Å². The number of carbonyl (C=O) groups excluding carboxylic acids is 1. The molecule has 2 aliphatic heterocycles. The number of hydrogen-bond donors (Lipinski definition) is 1. The van der Waals surface area contributed by atoms with E-state index in [0.717, 1.165) is 31.6 Å². The van der Waals surface area contributed by atoms with E-state index < -0.39 is 5.72 Å². The summed E-state index contributed by atoms with van der Waals surface area (Å²) in [6.07, 6.45) is 2.05. The van der Waals surface area contributed by atoms with E-state index in [1.807, 2.05) is 42.3 Å². The van der Waals surface area contributed by atoms with Crippen LogP contribution in [0.2, 0.25) is 0 Å². The number of rotatable bonds is 2. The molecule has 5 heteroatoms. The van der Waals surface area contributed by atoms with Crippen LogP contribution in [0.3, 0.4) is 0 Å². The summed E-state index contributed by atoms with van der Waals surface area (Å²) in [6, 6.07) is 12.8. The second kappa shape index (κ2) is 5.15. The van der Waals surface area contributed by atoms with Gasteiger partial charge in [-0.2, -0.15) is 0 Å². The smallest absolute Gasteiger partial charge is 0.271 e. The number of hydrogen-bond acceptors (Lipinski definition) is 4. The molecule has 23 heavy (non-hydrogen) atoms. The van der Waals surface area contributed by atoms with Crippen LogP contribution in [-0.4, -0.2) is 39.1 Å². The number of carbonyl (C=O) groups is 1. The highest BCUT2D eigenvalue weighted by atomic mass is 16.3. The highest BCUT2D eigenvalue weighted by Crippen LogP contribution is 2.43. The van der Waals surface area contributed by atoms with E-state index >= 15 is 0 Å². The van der Waals surface area contributed by atoms with Crippen LogP contribution >= 0.6 is 0 Å². The molecule has 2 aliphatic rings. The Morgan fingerprint density at radius 2 is 1.83 bits per heavy atom. The van der Waals surface area contributed by atoms with Gasteiger partial charge in [0.1, 0.15) is 0 Å². The monoisotopic (exact) mass is 309 g/mol. The Bertz CT molecular complexity index is 770. The summed E-state index contributed by atoms with van der Waals surface area (Å²) in [5.74, 6) is -0.159.